The van der Waals surface area contributed by atoms with Crippen molar-refractivity contribution in [1.82, 2.24) is 25.4 Å². The predicted octanol–water partition coefficient (Wildman–Crippen LogP) is 4.86. The van der Waals surface area contributed by atoms with E-state index < -0.39 is 17.5 Å². The highest BCUT2D eigenvalue weighted by Crippen LogP contribution is 2.31. The van der Waals surface area contributed by atoms with E-state index in [1.807, 2.05) is 30.3 Å². The smallest absolute Gasteiger partial charge is 0.310 e. The summed E-state index contributed by atoms with van der Waals surface area (Å²) < 4.78 is 30.1. The Balaban J connectivity index is 1.33. The fourth-order valence-electron chi connectivity index (χ4n) is 3.33. The van der Waals surface area contributed by atoms with Crippen molar-refractivity contribution >= 4 is 23.6 Å². The van der Waals surface area contributed by atoms with Crippen molar-refractivity contribution in [2.75, 3.05) is 13.1 Å². The first-order valence-electron chi connectivity index (χ1n) is 11.3. The average molecular weight is 520 g/mol. The van der Waals surface area contributed by atoms with Crippen LogP contribution in [0.4, 0.5) is 8.78 Å². The van der Waals surface area contributed by atoms with E-state index in [4.69, 9.17) is 0 Å². The van der Waals surface area contributed by atoms with Gasteiger partial charge >= 0.3 is 5.92 Å². The van der Waals surface area contributed by atoms with Gasteiger partial charge in [0.05, 0.1) is 16.8 Å². The van der Waals surface area contributed by atoms with Crippen LogP contribution in [-0.4, -0.2) is 39.7 Å². The lowest BCUT2D eigenvalue weighted by atomic mass is 10.1. The quantitative estimate of drug-likeness (QED) is 0.231. The summed E-state index contributed by atoms with van der Waals surface area (Å²) in [5.41, 5.74) is -0.0966. The summed E-state index contributed by atoms with van der Waals surface area (Å²) in [6.45, 7) is 3.27. The molecule has 188 valence electrons. The molecule has 7 nitrogen and oxygen atoms in total. The van der Waals surface area contributed by atoms with E-state index in [1.165, 1.54) is 28.8 Å². The van der Waals surface area contributed by atoms with E-state index in [0.717, 1.165) is 9.92 Å². The summed E-state index contributed by atoms with van der Waals surface area (Å²) >= 11 is 1.48. The first kappa shape index (κ1) is 25.8. The van der Waals surface area contributed by atoms with Gasteiger partial charge in [-0.05, 0) is 42.5 Å². The highest BCUT2D eigenvalue weighted by molar-refractivity contribution is 7.99. The zero-order valence-electron chi connectivity index (χ0n) is 19.6. The molecule has 0 saturated heterocycles. The van der Waals surface area contributed by atoms with Gasteiger partial charge in [-0.15, -0.1) is 0 Å². The fourth-order valence-corrected chi connectivity index (χ4v) is 4.11. The SMILES string of the molecule is C=CC(F)(F)c1nn(-c2ccccc2)cc1C(=O)NCCNC(=O)c1ccc(Sc2ccccc2)nc1. The number of rotatable bonds is 10. The number of amides is 2. The Morgan fingerprint density at radius 2 is 1.59 bits per heavy atom. The molecule has 0 radical (unpaired) electrons. The molecule has 2 N–H and O–H groups in total. The number of pyridine rings is 1. The molecule has 0 bridgehead atoms. The first-order valence-corrected chi connectivity index (χ1v) is 12.1. The molecule has 0 unspecified atom stereocenters. The zero-order chi connectivity index (χ0) is 26.3. The molecule has 2 amide bonds. The van der Waals surface area contributed by atoms with Gasteiger partial charge in [0.25, 0.3) is 11.8 Å². The molecule has 0 aliphatic rings. The molecule has 37 heavy (non-hydrogen) atoms. The molecule has 4 aromatic rings. The van der Waals surface area contributed by atoms with E-state index in [2.05, 4.69) is 27.3 Å². The van der Waals surface area contributed by atoms with Crippen LogP contribution in [-0.2, 0) is 5.92 Å². The molecule has 0 fully saturated rings. The summed E-state index contributed by atoms with van der Waals surface area (Å²) in [5.74, 6) is -4.61. The lowest BCUT2D eigenvalue weighted by molar-refractivity contribution is 0.0455. The maximum Gasteiger partial charge on any atom is 0.310 e. The Hall–Kier alpha value is -4.31. The zero-order valence-corrected chi connectivity index (χ0v) is 20.4. The van der Waals surface area contributed by atoms with Crippen LogP contribution < -0.4 is 10.6 Å². The van der Waals surface area contributed by atoms with E-state index in [0.29, 0.717) is 17.3 Å². The third-order valence-electron chi connectivity index (χ3n) is 5.21. The molecule has 0 atom stereocenters. The van der Waals surface area contributed by atoms with Crippen molar-refractivity contribution < 1.29 is 18.4 Å². The molecule has 0 saturated carbocycles. The number of nitrogens with one attached hydrogen (secondary N) is 2. The number of aromatic nitrogens is 3. The number of hydrogen-bond donors (Lipinski definition) is 2. The number of allylic oxidation sites excluding steroid dienone is 1. The number of hydrogen-bond acceptors (Lipinski definition) is 5. The van der Waals surface area contributed by atoms with Gasteiger partial charge in [-0.25, -0.2) is 9.67 Å². The Morgan fingerprint density at radius 3 is 2.22 bits per heavy atom. The van der Waals surface area contributed by atoms with E-state index in [9.17, 15) is 18.4 Å². The van der Waals surface area contributed by atoms with Crippen molar-refractivity contribution in [1.29, 1.82) is 0 Å². The Kier molecular flexibility index (Phi) is 8.09. The highest BCUT2D eigenvalue weighted by Gasteiger charge is 2.36. The van der Waals surface area contributed by atoms with Crippen LogP contribution in [0.3, 0.4) is 0 Å². The van der Waals surface area contributed by atoms with Gasteiger partial charge in [0.2, 0.25) is 0 Å². The molecule has 2 aromatic carbocycles. The molecule has 0 aliphatic heterocycles. The van der Waals surface area contributed by atoms with Gasteiger partial charge in [-0.1, -0.05) is 54.7 Å². The number of carbonyl (C=O) groups is 2. The summed E-state index contributed by atoms with van der Waals surface area (Å²) in [6.07, 6.45) is 3.16. The summed E-state index contributed by atoms with van der Waals surface area (Å²) in [4.78, 5) is 30.5. The molecule has 2 heterocycles. The van der Waals surface area contributed by atoms with Crippen LogP contribution in [0.25, 0.3) is 5.69 Å². The van der Waals surface area contributed by atoms with Crippen LogP contribution in [0.2, 0.25) is 0 Å². The Morgan fingerprint density at radius 1 is 0.946 bits per heavy atom. The van der Waals surface area contributed by atoms with Crippen LogP contribution in [0, 0.1) is 0 Å². The van der Waals surface area contributed by atoms with E-state index >= 15 is 0 Å². The Bertz CT molecular complexity index is 1380. The van der Waals surface area contributed by atoms with Gasteiger partial charge in [0.15, 0.2) is 0 Å². The highest BCUT2D eigenvalue weighted by atomic mass is 32.2. The number of nitrogens with zero attached hydrogens (tertiary/aromatic N) is 3. The monoisotopic (exact) mass is 519 g/mol. The van der Waals surface area contributed by atoms with Crippen LogP contribution >= 0.6 is 11.8 Å². The molecule has 0 aliphatic carbocycles. The number of benzene rings is 2. The number of halogens is 2. The predicted molar refractivity (Wildman–Crippen MR) is 137 cm³/mol. The standard InChI is InChI=1S/C27H23F2N5O2S/c1-2-27(28,29)24-22(18-34(33-24)20-9-5-3-6-10-20)26(36)31-16-15-30-25(35)19-13-14-23(32-17-19)37-21-11-7-4-8-12-21/h2-14,17-18H,1,15-16H2,(H,30,35)(H,31,36). The van der Waals surface area contributed by atoms with Gasteiger partial charge in [-0.2, -0.15) is 13.9 Å². The van der Waals surface area contributed by atoms with E-state index in [1.54, 1.807) is 42.5 Å². The molecular weight excluding hydrogens is 496 g/mol. The normalized spacial score (nSPS) is 11.1. The molecular formula is C27H23F2N5O2S. The van der Waals surface area contributed by atoms with Gasteiger partial charge in [-0.3, -0.25) is 9.59 Å². The van der Waals surface area contributed by atoms with Gasteiger partial charge in [0.1, 0.15) is 10.7 Å². The van der Waals surface area contributed by atoms with Crippen molar-refractivity contribution in [3.05, 3.63) is 115 Å². The third kappa shape index (κ3) is 6.47. The van der Waals surface area contributed by atoms with Crippen molar-refractivity contribution in [2.24, 2.45) is 0 Å². The third-order valence-corrected chi connectivity index (χ3v) is 6.17. The lowest BCUT2D eigenvalue weighted by Crippen LogP contribution is -2.35. The summed E-state index contributed by atoms with van der Waals surface area (Å²) in [6, 6.07) is 21.8. The van der Waals surface area contributed by atoms with E-state index in [-0.39, 0.29) is 24.6 Å². The minimum Gasteiger partial charge on any atom is -0.350 e. The molecule has 10 heteroatoms. The molecule has 2 aromatic heterocycles. The fraction of sp³-hybridized carbons (Fsp3) is 0.111. The number of alkyl halides is 2. The maximum absolute atomic E-state index is 14.4. The lowest BCUT2D eigenvalue weighted by Gasteiger charge is -2.11. The minimum absolute atomic E-state index is 0.0234. The number of para-hydroxylation sites is 1. The Labute approximate surface area is 216 Å². The minimum atomic E-state index is -3.50. The number of carbonyl (C=O) groups excluding carboxylic acids is 2. The average Bonchev–Trinajstić information content (AvgIpc) is 3.39. The molecule has 0 spiro atoms. The second-order valence-corrected chi connectivity index (χ2v) is 8.90. The van der Waals surface area contributed by atoms with Crippen LogP contribution in [0.1, 0.15) is 26.4 Å². The largest absolute Gasteiger partial charge is 0.350 e. The van der Waals surface area contributed by atoms with Gasteiger partial charge in [0, 0.05) is 30.4 Å². The van der Waals surface area contributed by atoms with Crippen molar-refractivity contribution in [2.45, 2.75) is 15.8 Å². The maximum atomic E-state index is 14.4. The topological polar surface area (TPSA) is 88.9 Å². The molecule has 4 rings (SSSR count). The van der Waals surface area contributed by atoms with Crippen LogP contribution in [0.5, 0.6) is 0 Å². The van der Waals surface area contributed by atoms with Crippen molar-refractivity contribution in [3.8, 4) is 5.69 Å². The van der Waals surface area contributed by atoms with Crippen LogP contribution in [0.15, 0.2) is 108 Å². The van der Waals surface area contributed by atoms with Crippen molar-refractivity contribution in [3.63, 3.8) is 0 Å². The summed E-state index contributed by atoms with van der Waals surface area (Å²) in [7, 11) is 0. The van der Waals surface area contributed by atoms with Gasteiger partial charge < -0.3 is 10.6 Å². The first-order chi connectivity index (χ1) is 17.9. The second kappa shape index (κ2) is 11.6. The summed E-state index contributed by atoms with van der Waals surface area (Å²) in [5, 5.41) is 9.90. The second-order valence-electron chi connectivity index (χ2n) is 7.81.